The molecule has 0 aromatic rings. The third kappa shape index (κ3) is 25.9. The van der Waals surface area contributed by atoms with Gasteiger partial charge in [-0.2, -0.15) is 11.8 Å². The van der Waals surface area contributed by atoms with Gasteiger partial charge in [0.1, 0.15) is 54.4 Å². The number of nitrogens with two attached hydrogens (primary N) is 5. The molecule has 0 saturated carbocycles. The predicted octanol–water partition coefficient (Wildman–Crippen LogP) is -7.17. The van der Waals surface area contributed by atoms with Gasteiger partial charge in [0, 0.05) is 19.5 Å². The van der Waals surface area contributed by atoms with Gasteiger partial charge >= 0.3 is 11.9 Å². The summed E-state index contributed by atoms with van der Waals surface area (Å²) in [5, 5.41) is 69.0. The minimum Gasteiger partial charge on any atom is -0.481 e. The fraction of sp³-hybridized carbons (Fsp3) is 0.745. The minimum absolute atomic E-state index is 0.0104. The van der Waals surface area contributed by atoms with Gasteiger partial charge in [-0.05, 0) is 108 Å². The van der Waals surface area contributed by atoms with Crippen molar-refractivity contribution < 1.29 is 78.3 Å². The molecule has 1 rings (SSSR count). The lowest BCUT2D eigenvalue weighted by Gasteiger charge is -2.29. The highest BCUT2D eigenvalue weighted by atomic mass is 32.2. The van der Waals surface area contributed by atoms with E-state index in [1.54, 1.807) is 20.1 Å². The Balaban J connectivity index is 3.45. The Kier molecular flexibility index (Phi) is 34.1. The Morgan fingerprint density at radius 3 is 1.32 bits per heavy atom. The number of aliphatic carboxylic acids is 2. The van der Waals surface area contributed by atoms with Crippen molar-refractivity contribution in [1.82, 2.24) is 47.4 Å². The normalized spacial score (nSPS) is 16.5. The van der Waals surface area contributed by atoms with Gasteiger partial charge < -0.3 is 102 Å². The molecule has 0 aliphatic carbocycles. The van der Waals surface area contributed by atoms with Gasteiger partial charge in [-0.15, -0.1) is 0 Å². The van der Waals surface area contributed by atoms with Gasteiger partial charge in [-0.25, -0.2) is 4.79 Å². The zero-order valence-electron chi connectivity index (χ0n) is 45.1. The number of nitrogens with zero attached hydrogens (tertiary/aromatic N) is 2. The van der Waals surface area contributed by atoms with Crippen molar-refractivity contribution in [3.05, 3.63) is 0 Å². The van der Waals surface area contributed by atoms with E-state index in [4.69, 9.17) is 28.7 Å². The Morgan fingerprint density at radius 1 is 0.557 bits per heavy atom. The molecule has 1 aliphatic rings. The van der Waals surface area contributed by atoms with E-state index in [0.717, 1.165) is 4.90 Å². The number of unbranched alkanes of at least 4 members (excludes halogenated alkanes) is 2. The number of likely N-dealkylation sites (tertiary alicyclic amines) is 1. The zero-order valence-corrected chi connectivity index (χ0v) is 45.9. The number of carbonyl (C=O) groups is 11. The molecule has 0 aromatic heterocycles. The van der Waals surface area contributed by atoms with Gasteiger partial charge in [-0.3, -0.25) is 52.9 Å². The summed E-state index contributed by atoms with van der Waals surface area (Å²) in [7, 11) is 0. The van der Waals surface area contributed by atoms with Crippen LogP contribution in [-0.4, -0.2) is 220 Å². The number of guanidine groups is 1. The van der Waals surface area contributed by atoms with Crippen molar-refractivity contribution in [3.63, 3.8) is 0 Å². The predicted molar refractivity (Wildman–Crippen MR) is 287 cm³/mol. The number of aliphatic hydroxyl groups is 3. The van der Waals surface area contributed by atoms with Crippen molar-refractivity contribution in [3.8, 4) is 0 Å². The molecule has 450 valence electrons. The SMILES string of the molecule is CSCC[C@H](NC(=O)[C@H](CCC(=O)O)NC(=O)[C@H](CCCCN)NC(=O)[C@H](CO)NC(=O)[C@@H](N)C(C)C)C(=O)N[C@@H](CO)C(=O)N[C@@H](CCCCN)C(=O)N[C@@H](CCCN=C(N)N)C(=O)N[C@@H](CO)C(=O)N1CCC[C@H]1C(=O)O. The molecule has 79 heavy (non-hydrogen) atoms. The number of thioether (sulfide) groups is 1. The number of nitrogens with one attached hydrogen (secondary N) is 8. The van der Waals surface area contributed by atoms with Crippen LogP contribution in [-0.2, 0) is 52.7 Å². The molecular formula is C47H85N15O16S. The molecule has 0 spiro atoms. The standard InChI is InChI=1S/C47H85N15O16S/c1-25(2)36(50)44(75)60-32(23-64)43(74)56-27(11-5-7-18-49)38(69)57-29(14-15-35(66)67)40(71)58-30(16-21-79-3)41(72)59-31(22-63)42(73)55-26(10-4-6-17-48)37(68)54-28(12-8-19-53-47(51)52)39(70)61-33(24-65)45(76)62-20-9-13-34(62)46(77)78/h25-34,36,63-65H,4-24,48-50H2,1-3H3,(H,54,68)(H,55,73)(H,56,74)(H,57,69)(H,58,71)(H,59,72)(H,60,75)(H,61,70)(H,66,67)(H,77,78)(H4,51,52,53)/t26-,27-,28-,29-,30-,31-,32-,33-,34-,36-/m0/s1. The molecular weight excluding hydrogens is 1060 g/mol. The number of rotatable bonds is 40. The molecule has 9 amide bonds. The number of hydrogen-bond donors (Lipinski definition) is 18. The van der Waals surface area contributed by atoms with E-state index in [-0.39, 0.29) is 95.2 Å². The molecule has 0 bridgehead atoms. The second kappa shape index (κ2) is 38.2. The number of carboxylic acids is 2. The van der Waals surface area contributed by atoms with Crippen LogP contribution in [0.5, 0.6) is 0 Å². The quantitative estimate of drug-likeness (QED) is 0.0154. The lowest BCUT2D eigenvalue weighted by molar-refractivity contribution is -0.150. The fourth-order valence-corrected chi connectivity index (χ4v) is 8.35. The Hall–Kier alpha value is -6.45. The number of hydrogen-bond acceptors (Lipinski definition) is 19. The van der Waals surface area contributed by atoms with E-state index in [1.807, 2.05) is 0 Å². The second-order valence-electron chi connectivity index (χ2n) is 19.1. The summed E-state index contributed by atoms with van der Waals surface area (Å²) in [5.74, 6) is -11.7. The van der Waals surface area contributed by atoms with Crippen molar-refractivity contribution in [2.24, 2.45) is 39.6 Å². The minimum atomic E-state index is -1.78. The van der Waals surface area contributed by atoms with Crippen LogP contribution in [0.2, 0.25) is 0 Å². The van der Waals surface area contributed by atoms with E-state index >= 15 is 0 Å². The number of aliphatic imine (C=N–C) groups is 1. The second-order valence-corrected chi connectivity index (χ2v) is 20.1. The van der Waals surface area contributed by atoms with Crippen LogP contribution in [0.1, 0.15) is 97.3 Å². The first-order chi connectivity index (χ1) is 37.4. The number of carbonyl (C=O) groups excluding carboxylic acids is 9. The monoisotopic (exact) mass is 1150 g/mol. The summed E-state index contributed by atoms with van der Waals surface area (Å²) in [6.07, 6.45) is 1.97. The van der Waals surface area contributed by atoms with Crippen LogP contribution in [0.15, 0.2) is 4.99 Å². The average molecular weight is 1150 g/mol. The lowest BCUT2D eigenvalue weighted by atomic mass is 10.0. The lowest BCUT2D eigenvalue weighted by Crippen LogP contribution is -2.61. The zero-order chi connectivity index (χ0) is 59.8. The number of aliphatic hydroxyl groups excluding tert-OH is 3. The van der Waals surface area contributed by atoms with E-state index in [9.17, 15) is 78.3 Å². The summed E-state index contributed by atoms with van der Waals surface area (Å²) < 4.78 is 0. The summed E-state index contributed by atoms with van der Waals surface area (Å²) in [6, 6.07) is -14.6. The first-order valence-corrected chi connectivity index (χ1v) is 27.5. The number of carboxylic acid groups (broad SMARTS) is 2. The molecule has 31 nitrogen and oxygen atoms in total. The van der Waals surface area contributed by atoms with Crippen molar-refractivity contribution in [1.29, 1.82) is 0 Å². The maximum absolute atomic E-state index is 14.0. The smallest absolute Gasteiger partial charge is 0.326 e. The van der Waals surface area contributed by atoms with Crippen molar-refractivity contribution in [2.75, 3.05) is 58.0 Å². The highest BCUT2D eigenvalue weighted by molar-refractivity contribution is 7.98. The molecule has 1 fully saturated rings. The highest BCUT2D eigenvalue weighted by Crippen LogP contribution is 2.19. The van der Waals surface area contributed by atoms with Crippen LogP contribution in [0, 0.1) is 5.92 Å². The van der Waals surface area contributed by atoms with Crippen molar-refractivity contribution in [2.45, 2.75) is 158 Å². The first-order valence-electron chi connectivity index (χ1n) is 26.1. The van der Waals surface area contributed by atoms with E-state index in [0.29, 0.717) is 19.3 Å². The van der Waals surface area contributed by atoms with Crippen LogP contribution in [0.25, 0.3) is 0 Å². The topological polar surface area (TPSA) is 531 Å². The Bertz CT molecular complexity index is 2050. The van der Waals surface area contributed by atoms with Crippen LogP contribution in [0.4, 0.5) is 0 Å². The molecule has 1 heterocycles. The Labute approximate surface area is 462 Å². The van der Waals surface area contributed by atoms with Gasteiger partial charge in [0.05, 0.1) is 25.9 Å². The van der Waals surface area contributed by atoms with Crippen LogP contribution >= 0.6 is 11.8 Å². The van der Waals surface area contributed by atoms with E-state index < -0.39 is 158 Å². The Morgan fingerprint density at radius 2 is 0.937 bits per heavy atom. The van der Waals surface area contributed by atoms with Crippen LogP contribution in [0.3, 0.4) is 0 Å². The molecule has 1 aliphatic heterocycles. The van der Waals surface area contributed by atoms with Gasteiger partial charge in [0.2, 0.25) is 53.2 Å². The summed E-state index contributed by atoms with van der Waals surface area (Å²) >= 11 is 1.26. The molecule has 10 atom stereocenters. The number of amides is 9. The molecule has 0 aromatic carbocycles. The average Bonchev–Trinajstić information content (AvgIpc) is 3.92. The highest BCUT2D eigenvalue weighted by Gasteiger charge is 2.39. The molecule has 0 radical (unpaired) electrons. The molecule has 0 unspecified atom stereocenters. The van der Waals surface area contributed by atoms with E-state index in [2.05, 4.69) is 47.5 Å². The first kappa shape index (κ1) is 70.6. The third-order valence-electron chi connectivity index (χ3n) is 12.5. The fourth-order valence-electron chi connectivity index (χ4n) is 7.87. The molecule has 32 heteroatoms. The maximum atomic E-state index is 14.0. The van der Waals surface area contributed by atoms with Gasteiger partial charge in [-0.1, -0.05) is 13.8 Å². The van der Waals surface area contributed by atoms with E-state index in [1.165, 1.54) is 11.8 Å². The molecule has 23 N–H and O–H groups in total. The van der Waals surface area contributed by atoms with Gasteiger partial charge in [0.15, 0.2) is 5.96 Å². The largest absolute Gasteiger partial charge is 0.481 e. The summed E-state index contributed by atoms with van der Waals surface area (Å²) in [5.41, 5.74) is 28.1. The van der Waals surface area contributed by atoms with Gasteiger partial charge in [0.25, 0.3) is 0 Å². The van der Waals surface area contributed by atoms with Crippen molar-refractivity contribution >= 4 is 82.8 Å². The maximum Gasteiger partial charge on any atom is 0.326 e. The molecule has 1 saturated heterocycles. The third-order valence-corrected chi connectivity index (χ3v) is 13.2. The summed E-state index contributed by atoms with van der Waals surface area (Å²) in [4.78, 5) is 151. The van der Waals surface area contributed by atoms with Crippen LogP contribution < -0.4 is 71.2 Å². The summed E-state index contributed by atoms with van der Waals surface area (Å²) in [6.45, 7) is 0.898.